The number of anilines is 1. The number of aromatic nitrogens is 1. The number of amides is 1. The molecule has 1 amide bonds. The van der Waals surface area contributed by atoms with E-state index in [0.717, 1.165) is 25.0 Å². The highest BCUT2D eigenvalue weighted by Crippen LogP contribution is 2.31. The van der Waals surface area contributed by atoms with Gasteiger partial charge < -0.3 is 10.4 Å². The van der Waals surface area contributed by atoms with Gasteiger partial charge in [-0.2, -0.15) is 0 Å². The van der Waals surface area contributed by atoms with Gasteiger partial charge in [0.05, 0.1) is 12.1 Å². The summed E-state index contributed by atoms with van der Waals surface area (Å²) in [4.78, 5) is 28.3. The predicted octanol–water partition coefficient (Wildman–Crippen LogP) is 2.46. The molecule has 0 saturated heterocycles. The molecule has 1 aliphatic carbocycles. The van der Waals surface area contributed by atoms with Gasteiger partial charge in [-0.15, -0.1) is 11.3 Å². The maximum absolute atomic E-state index is 11.9. The van der Waals surface area contributed by atoms with Crippen LogP contribution in [0.15, 0.2) is 0 Å². The third kappa shape index (κ3) is 3.76. The quantitative estimate of drug-likeness (QED) is 0.869. The molecule has 0 aliphatic heterocycles. The lowest BCUT2D eigenvalue weighted by Crippen LogP contribution is -2.24. The van der Waals surface area contributed by atoms with Gasteiger partial charge in [-0.1, -0.05) is 13.8 Å². The van der Waals surface area contributed by atoms with Gasteiger partial charge in [0.25, 0.3) is 0 Å². The summed E-state index contributed by atoms with van der Waals surface area (Å²) in [5.41, 5.74) is 0.556. The Morgan fingerprint density at radius 1 is 1.37 bits per heavy atom. The first-order valence-corrected chi connectivity index (χ1v) is 7.18. The van der Waals surface area contributed by atoms with Crippen molar-refractivity contribution in [2.24, 2.45) is 5.41 Å². The number of nitrogens with one attached hydrogen (secondary N) is 1. The Hall–Kier alpha value is -1.43. The van der Waals surface area contributed by atoms with Crippen molar-refractivity contribution < 1.29 is 14.7 Å². The summed E-state index contributed by atoms with van der Waals surface area (Å²) >= 11 is 1.53. The molecule has 1 aromatic rings. The summed E-state index contributed by atoms with van der Waals surface area (Å²) in [6.45, 7) is 3.56. The molecule has 1 heterocycles. The Morgan fingerprint density at radius 3 is 2.74 bits per heavy atom. The van der Waals surface area contributed by atoms with E-state index in [4.69, 9.17) is 5.11 Å². The number of carbonyl (C=O) groups excluding carboxylic acids is 1. The average Bonchev–Trinajstić information content (AvgIpc) is 2.73. The summed E-state index contributed by atoms with van der Waals surface area (Å²) in [5, 5.41) is 12.2. The Labute approximate surface area is 116 Å². The zero-order chi connectivity index (χ0) is 14.0. The van der Waals surface area contributed by atoms with Crippen molar-refractivity contribution in [2.45, 2.75) is 46.0 Å². The van der Waals surface area contributed by atoms with E-state index in [1.54, 1.807) is 13.8 Å². The van der Waals surface area contributed by atoms with E-state index in [-0.39, 0.29) is 18.7 Å². The molecule has 0 spiro atoms. The fourth-order valence-corrected chi connectivity index (χ4v) is 3.38. The lowest BCUT2D eigenvalue weighted by atomic mass is 9.85. The van der Waals surface area contributed by atoms with E-state index in [2.05, 4.69) is 10.3 Å². The smallest absolute Gasteiger partial charge is 0.303 e. The van der Waals surface area contributed by atoms with Gasteiger partial charge in [-0.3, -0.25) is 9.59 Å². The number of aliphatic carboxylic acids is 1. The summed E-state index contributed by atoms with van der Waals surface area (Å²) in [6.07, 6.45) is 3.35. The summed E-state index contributed by atoms with van der Waals surface area (Å²) in [5.74, 6) is -1.05. The highest BCUT2D eigenvalue weighted by molar-refractivity contribution is 7.15. The van der Waals surface area contributed by atoms with Gasteiger partial charge in [-0.25, -0.2) is 4.98 Å². The molecule has 104 valence electrons. The van der Waals surface area contributed by atoms with E-state index < -0.39 is 11.4 Å². The summed E-state index contributed by atoms with van der Waals surface area (Å²) < 4.78 is 0. The van der Waals surface area contributed by atoms with Gasteiger partial charge in [0.1, 0.15) is 0 Å². The number of fused-ring (bicyclic) bond motifs is 1. The number of carbonyl (C=O) groups is 2. The van der Waals surface area contributed by atoms with E-state index in [9.17, 15) is 9.59 Å². The van der Waals surface area contributed by atoms with Crippen molar-refractivity contribution in [3.05, 3.63) is 10.6 Å². The van der Waals surface area contributed by atoms with Crippen molar-refractivity contribution in [1.29, 1.82) is 0 Å². The van der Waals surface area contributed by atoms with Crippen molar-refractivity contribution >= 4 is 28.3 Å². The lowest BCUT2D eigenvalue weighted by molar-refractivity contribution is -0.139. The molecular formula is C13H18N2O3S. The van der Waals surface area contributed by atoms with Gasteiger partial charge in [0.2, 0.25) is 5.91 Å². The first kappa shape index (κ1) is 14.0. The number of rotatable bonds is 5. The molecule has 0 saturated carbocycles. The maximum atomic E-state index is 11.9. The fourth-order valence-electron chi connectivity index (χ4n) is 2.31. The number of hydrogen-bond acceptors (Lipinski definition) is 4. The third-order valence-electron chi connectivity index (χ3n) is 3.11. The minimum atomic E-state index is -0.883. The highest BCUT2D eigenvalue weighted by Gasteiger charge is 2.26. The topological polar surface area (TPSA) is 79.3 Å². The number of nitrogens with zero attached hydrogens (tertiary/aromatic N) is 1. The standard InChI is InChI=1S/C13H18N2O3S/c1-13(2,7-11(17)18)6-10(16)15-12-14-8-4-3-5-9(8)19-12/h3-7H2,1-2H3,(H,17,18)(H,14,15,16). The summed E-state index contributed by atoms with van der Waals surface area (Å²) in [7, 11) is 0. The van der Waals surface area contributed by atoms with Crippen LogP contribution in [-0.2, 0) is 22.4 Å². The molecule has 0 fully saturated rings. The monoisotopic (exact) mass is 282 g/mol. The molecule has 0 atom stereocenters. The van der Waals surface area contributed by atoms with E-state index in [1.165, 1.54) is 16.2 Å². The van der Waals surface area contributed by atoms with Crippen LogP contribution in [0.5, 0.6) is 0 Å². The molecular weight excluding hydrogens is 264 g/mol. The SMILES string of the molecule is CC(C)(CC(=O)O)CC(=O)Nc1nc2c(s1)CCC2. The lowest BCUT2D eigenvalue weighted by Gasteiger charge is -2.20. The maximum Gasteiger partial charge on any atom is 0.303 e. The zero-order valence-electron chi connectivity index (χ0n) is 11.2. The number of thiazole rings is 1. The van der Waals surface area contributed by atoms with Gasteiger partial charge >= 0.3 is 5.97 Å². The predicted molar refractivity (Wildman–Crippen MR) is 73.4 cm³/mol. The molecule has 6 heteroatoms. The Kier molecular flexibility index (Phi) is 3.89. The number of aryl methyl sites for hydroxylation is 2. The molecule has 1 aromatic heterocycles. The van der Waals surface area contributed by atoms with Gasteiger partial charge in [0, 0.05) is 11.3 Å². The number of carboxylic acid groups (broad SMARTS) is 1. The first-order chi connectivity index (χ1) is 8.85. The van der Waals surface area contributed by atoms with Crippen molar-refractivity contribution in [1.82, 2.24) is 4.98 Å². The van der Waals surface area contributed by atoms with Crippen LogP contribution in [0, 0.1) is 5.41 Å². The number of carboxylic acids is 1. The van der Waals surface area contributed by atoms with Crippen LogP contribution in [0.25, 0.3) is 0 Å². The van der Waals surface area contributed by atoms with Crippen LogP contribution in [0.1, 0.15) is 43.7 Å². The molecule has 1 aliphatic rings. The minimum absolute atomic E-state index is 0.0191. The molecule has 19 heavy (non-hydrogen) atoms. The molecule has 0 aromatic carbocycles. The molecule has 0 unspecified atom stereocenters. The van der Waals surface area contributed by atoms with Crippen molar-refractivity contribution in [3.63, 3.8) is 0 Å². The van der Waals surface area contributed by atoms with E-state index in [0.29, 0.717) is 5.13 Å². The minimum Gasteiger partial charge on any atom is -0.481 e. The Bertz CT molecular complexity index is 486. The van der Waals surface area contributed by atoms with Crippen molar-refractivity contribution in [2.75, 3.05) is 5.32 Å². The second kappa shape index (κ2) is 5.28. The van der Waals surface area contributed by atoms with Crippen LogP contribution >= 0.6 is 11.3 Å². The Balaban J connectivity index is 1.92. The molecule has 5 nitrogen and oxygen atoms in total. The molecule has 0 radical (unpaired) electrons. The third-order valence-corrected chi connectivity index (χ3v) is 4.18. The molecule has 0 bridgehead atoms. The molecule has 2 N–H and O–H groups in total. The van der Waals surface area contributed by atoms with Crippen molar-refractivity contribution in [3.8, 4) is 0 Å². The average molecular weight is 282 g/mol. The van der Waals surface area contributed by atoms with Gasteiger partial charge in [0.15, 0.2) is 5.13 Å². The largest absolute Gasteiger partial charge is 0.481 e. The van der Waals surface area contributed by atoms with E-state index in [1.807, 2.05) is 0 Å². The first-order valence-electron chi connectivity index (χ1n) is 6.36. The summed E-state index contributed by atoms with van der Waals surface area (Å²) in [6, 6.07) is 0. The highest BCUT2D eigenvalue weighted by atomic mass is 32.1. The Morgan fingerprint density at radius 2 is 2.11 bits per heavy atom. The van der Waals surface area contributed by atoms with Crippen LogP contribution in [-0.4, -0.2) is 22.0 Å². The van der Waals surface area contributed by atoms with Crippen LogP contribution in [0.2, 0.25) is 0 Å². The normalized spacial score (nSPS) is 14.2. The molecule has 2 rings (SSSR count). The van der Waals surface area contributed by atoms with Crippen LogP contribution in [0.3, 0.4) is 0 Å². The number of hydrogen-bond donors (Lipinski definition) is 2. The fraction of sp³-hybridized carbons (Fsp3) is 0.615. The van der Waals surface area contributed by atoms with Crippen LogP contribution < -0.4 is 5.32 Å². The second-order valence-electron chi connectivity index (χ2n) is 5.70. The van der Waals surface area contributed by atoms with E-state index >= 15 is 0 Å². The zero-order valence-corrected chi connectivity index (χ0v) is 12.0. The van der Waals surface area contributed by atoms with Crippen LogP contribution in [0.4, 0.5) is 5.13 Å². The second-order valence-corrected chi connectivity index (χ2v) is 6.79. The van der Waals surface area contributed by atoms with Gasteiger partial charge in [-0.05, 0) is 24.7 Å².